The van der Waals surface area contributed by atoms with E-state index in [1.165, 1.54) is 32.0 Å². The lowest BCUT2D eigenvalue weighted by Crippen LogP contribution is -2.22. The van der Waals surface area contributed by atoms with Crippen LogP contribution < -0.4 is 10.1 Å². The van der Waals surface area contributed by atoms with Gasteiger partial charge in [-0.25, -0.2) is 0 Å². The lowest BCUT2D eigenvalue weighted by atomic mass is 10.3. The monoisotopic (exact) mass is 406 g/mol. The maximum atomic E-state index is 12.3. The lowest BCUT2D eigenvalue weighted by molar-refractivity contribution is -0.386. The molecule has 0 fully saturated rings. The Bertz CT molecular complexity index is 883. The minimum absolute atomic E-state index is 0.0622. The Morgan fingerprint density at radius 1 is 1.41 bits per heavy atom. The third-order valence-electron chi connectivity index (χ3n) is 3.43. The summed E-state index contributed by atoms with van der Waals surface area (Å²) in [6.45, 7) is 0.940. The molecule has 0 aliphatic rings. The van der Waals surface area contributed by atoms with E-state index in [4.69, 9.17) is 11.6 Å². The van der Waals surface area contributed by atoms with Gasteiger partial charge in [-0.05, 0) is 32.0 Å². The summed E-state index contributed by atoms with van der Waals surface area (Å²) in [6, 6.07) is 3.74. The summed E-state index contributed by atoms with van der Waals surface area (Å²) in [7, 11) is 0. The highest BCUT2D eigenvalue weighted by molar-refractivity contribution is 6.31. The summed E-state index contributed by atoms with van der Waals surface area (Å²) in [5, 5.41) is 17.5. The number of carbonyl (C=O) groups excluding carboxylic acids is 1. The Morgan fingerprint density at radius 2 is 2.07 bits per heavy atom. The van der Waals surface area contributed by atoms with Crippen molar-refractivity contribution in [2.24, 2.45) is 0 Å². The minimum Gasteiger partial charge on any atom is -0.482 e. The molecule has 0 aliphatic heterocycles. The maximum Gasteiger partial charge on any atom is 0.422 e. The fourth-order valence-electron chi connectivity index (χ4n) is 2.32. The summed E-state index contributed by atoms with van der Waals surface area (Å²) in [5.74, 6) is -0.890. The first-order valence-electron chi connectivity index (χ1n) is 7.45. The van der Waals surface area contributed by atoms with Crippen LogP contribution >= 0.6 is 11.6 Å². The van der Waals surface area contributed by atoms with Crippen molar-refractivity contribution in [1.82, 2.24) is 9.78 Å². The van der Waals surface area contributed by atoms with Gasteiger partial charge in [-0.3, -0.25) is 19.6 Å². The molecule has 2 rings (SSSR count). The van der Waals surface area contributed by atoms with Crippen LogP contribution in [0.5, 0.6) is 5.75 Å². The normalized spacial score (nSPS) is 11.3. The molecule has 27 heavy (non-hydrogen) atoms. The first-order chi connectivity index (χ1) is 12.5. The van der Waals surface area contributed by atoms with Crippen LogP contribution in [0.15, 0.2) is 18.2 Å². The van der Waals surface area contributed by atoms with Gasteiger partial charge in [0.05, 0.1) is 10.6 Å². The number of alkyl halides is 3. The molecule has 0 spiro atoms. The van der Waals surface area contributed by atoms with Crippen molar-refractivity contribution in [2.45, 2.75) is 26.6 Å². The summed E-state index contributed by atoms with van der Waals surface area (Å²) < 4.78 is 42.8. The third-order valence-corrected chi connectivity index (χ3v) is 3.66. The molecule has 2 aromatic rings. The Labute approximate surface area is 156 Å². The molecule has 0 saturated carbocycles. The molecule has 1 aromatic heterocycles. The second kappa shape index (κ2) is 7.82. The van der Waals surface area contributed by atoms with Gasteiger partial charge in [-0.1, -0.05) is 11.6 Å². The number of nitrogens with zero attached hydrogens (tertiary/aromatic N) is 3. The van der Waals surface area contributed by atoms with Gasteiger partial charge >= 0.3 is 11.9 Å². The number of nitrogens with one attached hydrogen (secondary N) is 1. The predicted molar refractivity (Wildman–Crippen MR) is 90.0 cm³/mol. The molecule has 0 saturated heterocycles. The first kappa shape index (κ1) is 20.5. The van der Waals surface area contributed by atoms with E-state index >= 15 is 0 Å². The van der Waals surface area contributed by atoms with Crippen LogP contribution in [0, 0.1) is 24.0 Å². The van der Waals surface area contributed by atoms with Crippen LogP contribution in [0.1, 0.15) is 11.4 Å². The van der Waals surface area contributed by atoms with E-state index in [2.05, 4.69) is 15.2 Å². The van der Waals surface area contributed by atoms with Crippen LogP contribution in [0.3, 0.4) is 0 Å². The van der Waals surface area contributed by atoms with E-state index in [9.17, 15) is 28.1 Å². The number of ether oxygens (including phenoxy) is 1. The topological polar surface area (TPSA) is 99.3 Å². The highest BCUT2D eigenvalue weighted by atomic mass is 35.5. The van der Waals surface area contributed by atoms with Crippen molar-refractivity contribution in [2.75, 3.05) is 11.9 Å². The molecule has 0 radical (unpaired) electrons. The molecule has 146 valence electrons. The molecular formula is C15H14ClF3N4O4. The van der Waals surface area contributed by atoms with Crippen LogP contribution in [0.2, 0.25) is 5.02 Å². The average Bonchev–Trinajstić information content (AvgIpc) is 2.79. The Balaban J connectivity index is 2.17. The van der Waals surface area contributed by atoms with Crippen LogP contribution in [0.25, 0.3) is 0 Å². The van der Waals surface area contributed by atoms with Gasteiger partial charge in [0, 0.05) is 5.02 Å². The molecule has 1 N–H and O–H groups in total. The average molecular weight is 407 g/mol. The molecule has 1 heterocycles. The lowest BCUT2D eigenvalue weighted by Gasteiger charge is -2.14. The molecule has 12 heteroatoms. The zero-order chi connectivity index (χ0) is 20.4. The van der Waals surface area contributed by atoms with Gasteiger partial charge in [0.2, 0.25) is 5.91 Å². The molecule has 1 amide bonds. The number of halogens is 4. The second-order valence-electron chi connectivity index (χ2n) is 5.53. The Morgan fingerprint density at radius 3 is 2.63 bits per heavy atom. The predicted octanol–water partition coefficient (Wildman–Crippen LogP) is 3.64. The third kappa shape index (κ3) is 5.33. The van der Waals surface area contributed by atoms with Crippen molar-refractivity contribution < 1.29 is 27.6 Å². The number of hydrogen-bond acceptors (Lipinski definition) is 5. The smallest absolute Gasteiger partial charge is 0.422 e. The van der Waals surface area contributed by atoms with Crippen molar-refractivity contribution in [3.05, 3.63) is 44.7 Å². The largest absolute Gasteiger partial charge is 0.482 e. The van der Waals surface area contributed by atoms with Crippen LogP contribution in [0.4, 0.5) is 24.5 Å². The summed E-state index contributed by atoms with van der Waals surface area (Å²) in [4.78, 5) is 22.6. The van der Waals surface area contributed by atoms with E-state index in [1.807, 2.05) is 0 Å². The van der Waals surface area contributed by atoms with E-state index < -0.39 is 23.6 Å². The van der Waals surface area contributed by atoms with E-state index in [1.54, 1.807) is 0 Å². The summed E-state index contributed by atoms with van der Waals surface area (Å²) >= 11 is 5.81. The summed E-state index contributed by atoms with van der Waals surface area (Å²) in [6.07, 6.45) is -4.55. The molecule has 0 aliphatic carbocycles. The molecule has 1 aromatic carbocycles. The number of benzene rings is 1. The Hall–Kier alpha value is -2.82. The summed E-state index contributed by atoms with van der Waals surface area (Å²) in [5.41, 5.74) is 0.0436. The minimum atomic E-state index is -4.55. The second-order valence-corrected chi connectivity index (χ2v) is 5.96. The van der Waals surface area contributed by atoms with Gasteiger partial charge in [-0.15, -0.1) is 0 Å². The number of anilines is 1. The van der Waals surface area contributed by atoms with Gasteiger partial charge < -0.3 is 10.1 Å². The maximum absolute atomic E-state index is 12.3. The Kier molecular flexibility index (Phi) is 5.94. The van der Waals surface area contributed by atoms with Gasteiger partial charge in [0.15, 0.2) is 6.61 Å². The van der Waals surface area contributed by atoms with E-state index in [-0.39, 0.29) is 40.1 Å². The van der Waals surface area contributed by atoms with Gasteiger partial charge in [-0.2, -0.15) is 18.3 Å². The molecule has 0 bridgehead atoms. The highest BCUT2D eigenvalue weighted by Crippen LogP contribution is 2.30. The van der Waals surface area contributed by atoms with Crippen LogP contribution in [-0.4, -0.2) is 33.4 Å². The first-order valence-corrected chi connectivity index (χ1v) is 7.83. The fourth-order valence-corrected chi connectivity index (χ4v) is 2.49. The van der Waals surface area contributed by atoms with Crippen molar-refractivity contribution in [3.63, 3.8) is 0 Å². The number of carbonyl (C=O) groups is 1. The van der Waals surface area contributed by atoms with Gasteiger partial charge in [0.25, 0.3) is 0 Å². The number of aryl methyl sites for hydroxylation is 1. The fraction of sp³-hybridized carbons (Fsp3) is 0.333. The van der Waals surface area contributed by atoms with E-state index in [0.717, 1.165) is 4.68 Å². The highest BCUT2D eigenvalue weighted by Gasteiger charge is 2.29. The zero-order valence-corrected chi connectivity index (χ0v) is 14.9. The van der Waals surface area contributed by atoms with Crippen molar-refractivity contribution in [3.8, 4) is 5.75 Å². The van der Waals surface area contributed by atoms with Crippen molar-refractivity contribution in [1.29, 1.82) is 0 Å². The number of nitro groups is 1. The number of aromatic nitrogens is 2. The molecule has 0 atom stereocenters. The number of hydrogen-bond donors (Lipinski definition) is 1. The standard InChI is InChI=1S/C15H14ClF3N4O4/c1-8-14(23(25)26)9(2)22(21-8)6-13(24)20-11-5-10(16)3-4-12(11)27-7-15(17,18)19/h3-5H,6-7H2,1-2H3,(H,20,24). The number of rotatable bonds is 6. The van der Waals surface area contributed by atoms with E-state index in [0.29, 0.717) is 0 Å². The molecular weight excluding hydrogens is 393 g/mol. The number of amides is 1. The quantitative estimate of drug-likeness (QED) is 0.583. The molecule has 0 unspecified atom stereocenters. The zero-order valence-electron chi connectivity index (χ0n) is 14.1. The van der Waals surface area contributed by atoms with Crippen molar-refractivity contribution >= 4 is 28.9 Å². The SMILES string of the molecule is Cc1nn(CC(=O)Nc2cc(Cl)ccc2OCC(F)(F)F)c(C)c1[N+](=O)[O-]. The van der Waals surface area contributed by atoms with Gasteiger partial charge in [0.1, 0.15) is 23.7 Å². The van der Waals surface area contributed by atoms with Crippen LogP contribution in [-0.2, 0) is 11.3 Å². The molecule has 8 nitrogen and oxygen atoms in total.